The molecule has 1 aromatic rings. The number of nitrogens with zero attached hydrogens (tertiary/aromatic N) is 2. The molecule has 1 aromatic heterocycles. The van der Waals surface area contributed by atoms with E-state index >= 15 is 0 Å². The van der Waals surface area contributed by atoms with E-state index in [1.807, 2.05) is 0 Å². The zero-order valence-corrected chi connectivity index (χ0v) is 9.27. The van der Waals surface area contributed by atoms with Gasteiger partial charge in [-0.15, -0.1) is 5.10 Å². The largest absolute Gasteiger partial charge is 0.461 e. The summed E-state index contributed by atoms with van der Waals surface area (Å²) in [6.07, 6.45) is 3.44. The van der Waals surface area contributed by atoms with E-state index in [1.54, 1.807) is 6.92 Å². The van der Waals surface area contributed by atoms with E-state index in [0.29, 0.717) is 24.1 Å². The Morgan fingerprint density at radius 3 is 3.06 bits per heavy atom. The van der Waals surface area contributed by atoms with Crippen LogP contribution in [0.1, 0.15) is 59.8 Å². The van der Waals surface area contributed by atoms with Crippen LogP contribution in [-0.4, -0.2) is 22.5 Å². The van der Waals surface area contributed by atoms with Crippen molar-refractivity contribution < 1.29 is 9.53 Å². The molecule has 2 atom stereocenters. The molecule has 86 valence electrons. The summed E-state index contributed by atoms with van der Waals surface area (Å²) < 4.78 is 5.00. The summed E-state index contributed by atoms with van der Waals surface area (Å²) in [6, 6.07) is 0. The lowest BCUT2D eigenvalue weighted by molar-refractivity contribution is 0.0517. The first-order valence-corrected chi connectivity index (χ1v) is 5.77. The van der Waals surface area contributed by atoms with Crippen LogP contribution in [0.2, 0.25) is 0 Å². The number of ether oxygens (including phenoxy) is 1. The van der Waals surface area contributed by atoms with E-state index in [-0.39, 0.29) is 5.97 Å². The van der Waals surface area contributed by atoms with Crippen molar-refractivity contribution in [3.63, 3.8) is 0 Å². The minimum atomic E-state index is -0.337. The Balaban J connectivity index is 2.06. The van der Waals surface area contributed by atoms with Gasteiger partial charge in [-0.2, -0.15) is 4.79 Å². The van der Waals surface area contributed by atoms with Gasteiger partial charge >= 0.3 is 5.97 Å². The maximum atomic E-state index is 11.7. The zero-order chi connectivity index (χ0) is 11.3. The molecule has 0 amide bonds. The molecule has 2 bridgehead atoms. The van der Waals surface area contributed by atoms with Crippen molar-refractivity contribution in [1.29, 1.82) is 0 Å². The fraction of sp³-hybridized carbons (Fsp3) is 0.636. The smallest absolute Gasteiger partial charge is 0.359 e. The molecule has 2 N–H and O–H groups in total. The second-order valence-corrected chi connectivity index (χ2v) is 4.52. The summed E-state index contributed by atoms with van der Waals surface area (Å²) in [5.41, 5.74) is 2.54. The van der Waals surface area contributed by atoms with Crippen LogP contribution in [-0.2, 0) is 4.74 Å². The summed E-state index contributed by atoms with van der Waals surface area (Å²) in [5, 5.41) is 4.11. The van der Waals surface area contributed by atoms with E-state index in [2.05, 4.69) is 5.10 Å². The SMILES string of the molecule is CCOC(=O)c1nn(N)c2c1C1CCC2C1. The monoisotopic (exact) mass is 221 g/mol. The number of carbonyl (C=O) groups is 1. The molecule has 2 unspecified atom stereocenters. The Kier molecular flexibility index (Phi) is 1.96. The number of aromatic nitrogens is 2. The van der Waals surface area contributed by atoms with E-state index in [1.165, 1.54) is 11.2 Å². The first-order chi connectivity index (χ1) is 7.72. The number of rotatable bonds is 2. The van der Waals surface area contributed by atoms with Crippen LogP contribution in [0.25, 0.3) is 0 Å². The molecular weight excluding hydrogens is 206 g/mol. The number of hydrogen-bond donors (Lipinski definition) is 1. The van der Waals surface area contributed by atoms with Crippen molar-refractivity contribution in [2.75, 3.05) is 12.4 Å². The second kappa shape index (κ2) is 3.23. The summed E-state index contributed by atoms with van der Waals surface area (Å²) in [7, 11) is 0. The van der Waals surface area contributed by atoms with E-state index < -0.39 is 0 Å². The third-order valence-corrected chi connectivity index (χ3v) is 3.68. The first-order valence-electron chi connectivity index (χ1n) is 5.77. The lowest BCUT2D eigenvalue weighted by Crippen LogP contribution is -2.16. The Morgan fingerprint density at radius 2 is 2.31 bits per heavy atom. The summed E-state index contributed by atoms with van der Waals surface area (Å²) in [6.45, 7) is 2.17. The van der Waals surface area contributed by atoms with Crippen LogP contribution in [0.5, 0.6) is 0 Å². The Labute approximate surface area is 93.5 Å². The van der Waals surface area contributed by atoms with Crippen LogP contribution < -0.4 is 5.84 Å². The highest BCUT2D eigenvalue weighted by Gasteiger charge is 2.43. The van der Waals surface area contributed by atoms with Gasteiger partial charge in [-0.3, -0.25) is 0 Å². The van der Waals surface area contributed by atoms with Crippen molar-refractivity contribution in [3.05, 3.63) is 17.0 Å². The van der Waals surface area contributed by atoms with Crippen LogP contribution in [0.3, 0.4) is 0 Å². The average Bonchev–Trinajstić information content (AvgIpc) is 2.90. The van der Waals surface area contributed by atoms with Crippen molar-refractivity contribution >= 4 is 5.97 Å². The standard InChI is InChI=1S/C11H15N3O2/c1-2-16-11(15)9-8-6-3-4-7(5-6)10(8)14(12)13-9/h6-7H,2-5,12H2,1H3. The number of esters is 1. The van der Waals surface area contributed by atoms with Gasteiger partial charge < -0.3 is 10.6 Å². The van der Waals surface area contributed by atoms with Gasteiger partial charge in [0, 0.05) is 11.5 Å². The molecule has 5 nitrogen and oxygen atoms in total. The fourth-order valence-electron chi connectivity index (χ4n) is 3.11. The lowest BCUT2D eigenvalue weighted by Gasteiger charge is -2.11. The highest BCUT2D eigenvalue weighted by atomic mass is 16.5. The van der Waals surface area contributed by atoms with Gasteiger partial charge in [-0.1, -0.05) is 0 Å². The predicted octanol–water partition coefficient (Wildman–Crippen LogP) is 1.14. The minimum Gasteiger partial charge on any atom is -0.461 e. The molecule has 0 saturated heterocycles. The third kappa shape index (κ3) is 1.11. The molecule has 0 spiro atoms. The molecule has 0 aliphatic heterocycles. The maximum absolute atomic E-state index is 11.7. The predicted molar refractivity (Wildman–Crippen MR) is 57.7 cm³/mol. The first kappa shape index (κ1) is 9.69. The summed E-state index contributed by atoms with van der Waals surface area (Å²) in [4.78, 5) is 13.1. The molecule has 0 aromatic carbocycles. The molecule has 2 aliphatic rings. The second-order valence-electron chi connectivity index (χ2n) is 4.52. The van der Waals surface area contributed by atoms with Crippen molar-refractivity contribution in [1.82, 2.24) is 9.89 Å². The number of carbonyl (C=O) groups excluding carboxylic acids is 1. The molecule has 1 fully saturated rings. The number of nitrogens with two attached hydrogens (primary N) is 1. The quantitative estimate of drug-likeness (QED) is 0.600. The highest BCUT2D eigenvalue weighted by Crippen LogP contribution is 2.53. The number of nitrogen functional groups attached to an aromatic ring is 1. The van der Waals surface area contributed by atoms with Crippen LogP contribution in [0.15, 0.2) is 0 Å². The summed E-state index contributed by atoms with van der Waals surface area (Å²) in [5.74, 6) is 6.44. The highest BCUT2D eigenvalue weighted by molar-refractivity contribution is 5.90. The molecule has 3 rings (SSSR count). The van der Waals surface area contributed by atoms with Gasteiger partial charge in [0.1, 0.15) is 0 Å². The van der Waals surface area contributed by atoms with E-state index in [4.69, 9.17) is 10.6 Å². The van der Waals surface area contributed by atoms with Gasteiger partial charge in [0.05, 0.1) is 12.3 Å². The Bertz CT molecular complexity index is 452. The molecular formula is C11H15N3O2. The van der Waals surface area contributed by atoms with E-state index in [9.17, 15) is 4.79 Å². The molecule has 1 heterocycles. The van der Waals surface area contributed by atoms with Gasteiger partial charge in [0.15, 0.2) is 5.69 Å². The average molecular weight is 221 g/mol. The van der Waals surface area contributed by atoms with Crippen molar-refractivity contribution in [2.45, 2.75) is 38.0 Å². The minimum absolute atomic E-state index is 0.337. The number of fused-ring (bicyclic) bond motifs is 5. The van der Waals surface area contributed by atoms with Gasteiger partial charge in [0.25, 0.3) is 0 Å². The van der Waals surface area contributed by atoms with Crippen molar-refractivity contribution in [2.24, 2.45) is 0 Å². The van der Waals surface area contributed by atoms with Gasteiger partial charge in [-0.05, 0) is 32.1 Å². The Hall–Kier alpha value is -1.52. The third-order valence-electron chi connectivity index (χ3n) is 3.68. The molecule has 16 heavy (non-hydrogen) atoms. The van der Waals surface area contributed by atoms with Crippen LogP contribution >= 0.6 is 0 Å². The van der Waals surface area contributed by atoms with E-state index in [0.717, 1.165) is 24.1 Å². The summed E-state index contributed by atoms with van der Waals surface area (Å²) >= 11 is 0. The normalized spacial score (nSPS) is 25.8. The molecule has 0 radical (unpaired) electrons. The molecule has 2 aliphatic carbocycles. The molecule has 1 saturated carbocycles. The van der Waals surface area contributed by atoms with Crippen LogP contribution in [0, 0.1) is 0 Å². The van der Waals surface area contributed by atoms with Crippen molar-refractivity contribution in [3.8, 4) is 0 Å². The number of hydrogen-bond acceptors (Lipinski definition) is 4. The fourth-order valence-corrected chi connectivity index (χ4v) is 3.11. The van der Waals surface area contributed by atoms with Gasteiger partial charge in [-0.25, -0.2) is 4.79 Å². The maximum Gasteiger partial charge on any atom is 0.359 e. The Morgan fingerprint density at radius 1 is 1.56 bits per heavy atom. The zero-order valence-electron chi connectivity index (χ0n) is 9.27. The van der Waals surface area contributed by atoms with Crippen LogP contribution in [0.4, 0.5) is 0 Å². The van der Waals surface area contributed by atoms with Gasteiger partial charge in [0.2, 0.25) is 0 Å². The lowest BCUT2D eigenvalue weighted by atomic mass is 9.95. The topological polar surface area (TPSA) is 70.1 Å². The molecule has 5 heteroatoms.